The van der Waals surface area contributed by atoms with Crippen LogP contribution in [0.2, 0.25) is 0 Å². The van der Waals surface area contributed by atoms with Crippen LogP contribution in [0.15, 0.2) is 59.6 Å². The van der Waals surface area contributed by atoms with Gasteiger partial charge in [-0.2, -0.15) is 4.99 Å². The summed E-state index contributed by atoms with van der Waals surface area (Å²) >= 11 is 4.61. The second kappa shape index (κ2) is 8.56. The van der Waals surface area contributed by atoms with Gasteiger partial charge in [-0.05, 0) is 54.9 Å². The van der Waals surface area contributed by atoms with E-state index in [0.717, 1.165) is 42.9 Å². The molecule has 4 nitrogen and oxygen atoms in total. The maximum absolute atomic E-state index is 12.3. The molecular formula is C20H20N2O2S. The molecule has 0 spiro atoms. The second-order valence-corrected chi connectivity index (χ2v) is 6.26. The number of ether oxygens (including phenoxy) is 1. The van der Waals surface area contributed by atoms with Crippen molar-refractivity contribution in [3.63, 3.8) is 0 Å². The van der Waals surface area contributed by atoms with Crippen LogP contribution >= 0.6 is 12.2 Å². The van der Waals surface area contributed by atoms with Gasteiger partial charge in [-0.3, -0.25) is 4.79 Å². The summed E-state index contributed by atoms with van der Waals surface area (Å²) in [5, 5.41) is 2.37. The minimum atomic E-state index is -0.0887. The normalized spacial score (nSPS) is 14.6. The molecule has 0 radical (unpaired) electrons. The number of hydrogen-bond donors (Lipinski definition) is 0. The Kier molecular flexibility index (Phi) is 5.94. The molecule has 0 aromatic heterocycles. The number of esters is 1. The quantitative estimate of drug-likeness (QED) is 0.455. The van der Waals surface area contributed by atoms with Crippen molar-refractivity contribution in [1.29, 1.82) is 0 Å². The Bertz CT molecular complexity index is 747. The highest BCUT2D eigenvalue weighted by atomic mass is 32.1. The molecular weight excluding hydrogens is 332 g/mol. The van der Waals surface area contributed by atoms with E-state index >= 15 is 0 Å². The number of benzene rings is 2. The SMILES string of the molecule is O=C(OCc1ccccc1)C1CCN(c2ccc(N=C=S)cc2)CC1. The molecule has 0 unspecified atom stereocenters. The third kappa shape index (κ3) is 4.75. The fraction of sp³-hybridized carbons (Fsp3) is 0.300. The van der Waals surface area contributed by atoms with E-state index in [-0.39, 0.29) is 11.9 Å². The first kappa shape index (κ1) is 17.3. The van der Waals surface area contributed by atoms with Gasteiger partial charge < -0.3 is 9.64 Å². The lowest BCUT2D eigenvalue weighted by molar-refractivity contribution is -0.150. The number of aliphatic imine (C=N–C) groups is 1. The minimum Gasteiger partial charge on any atom is -0.461 e. The number of hydrogen-bond acceptors (Lipinski definition) is 5. The Morgan fingerprint density at radius 2 is 1.80 bits per heavy atom. The smallest absolute Gasteiger partial charge is 0.309 e. The summed E-state index contributed by atoms with van der Waals surface area (Å²) in [4.78, 5) is 18.5. The number of rotatable bonds is 5. The van der Waals surface area contributed by atoms with Crippen LogP contribution in [0.5, 0.6) is 0 Å². The molecule has 1 saturated heterocycles. The zero-order valence-electron chi connectivity index (χ0n) is 13.9. The standard InChI is InChI=1S/C20H20N2O2S/c23-20(24-14-16-4-2-1-3-5-16)17-10-12-22(13-11-17)19-8-6-18(7-9-19)21-15-25/h1-9,17H,10-14H2. The van der Waals surface area contributed by atoms with E-state index in [9.17, 15) is 4.79 Å². The van der Waals surface area contributed by atoms with Gasteiger partial charge in [0, 0.05) is 18.8 Å². The summed E-state index contributed by atoms with van der Waals surface area (Å²) in [6.45, 7) is 2.05. The number of piperidine rings is 1. The largest absolute Gasteiger partial charge is 0.461 e. The van der Waals surface area contributed by atoms with Crippen LogP contribution in [-0.4, -0.2) is 24.2 Å². The molecule has 25 heavy (non-hydrogen) atoms. The Balaban J connectivity index is 1.49. The van der Waals surface area contributed by atoms with Gasteiger partial charge in [0.05, 0.1) is 16.8 Å². The van der Waals surface area contributed by atoms with E-state index in [1.54, 1.807) is 0 Å². The molecule has 0 bridgehead atoms. The van der Waals surface area contributed by atoms with E-state index in [1.807, 2.05) is 54.6 Å². The van der Waals surface area contributed by atoms with Crippen molar-refractivity contribution in [2.75, 3.05) is 18.0 Å². The highest BCUT2D eigenvalue weighted by molar-refractivity contribution is 7.78. The fourth-order valence-electron chi connectivity index (χ4n) is 3.01. The predicted molar refractivity (Wildman–Crippen MR) is 102 cm³/mol. The molecule has 1 aliphatic rings. The van der Waals surface area contributed by atoms with Crippen molar-refractivity contribution in [3.8, 4) is 0 Å². The highest BCUT2D eigenvalue weighted by Gasteiger charge is 2.26. The Morgan fingerprint density at radius 1 is 1.12 bits per heavy atom. The first-order chi connectivity index (χ1) is 12.3. The Labute approximate surface area is 153 Å². The number of nitrogens with zero attached hydrogens (tertiary/aromatic N) is 2. The van der Waals surface area contributed by atoms with Gasteiger partial charge in [-0.15, -0.1) is 0 Å². The van der Waals surface area contributed by atoms with Crippen LogP contribution in [-0.2, 0) is 16.1 Å². The van der Waals surface area contributed by atoms with Gasteiger partial charge in [0.1, 0.15) is 6.61 Å². The topological polar surface area (TPSA) is 41.9 Å². The van der Waals surface area contributed by atoms with Crippen LogP contribution in [0.4, 0.5) is 11.4 Å². The summed E-state index contributed by atoms with van der Waals surface area (Å²) in [5.41, 5.74) is 2.96. The summed E-state index contributed by atoms with van der Waals surface area (Å²) in [6, 6.07) is 17.7. The van der Waals surface area contributed by atoms with Gasteiger partial charge in [-0.25, -0.2) is 0 Å². The highest BCUT2D eigenvalue weighted by Crippen LogP contribution is 2.26. The van der Waals surface area contributed by atoms with E-state index in [0.29, 0.717) is 6.61 Å². The third-order valence-electron chi connectivity index (χ3n) is 4.44. The molecule has 0 atom stereocenters. The van der Waals surface area contributed by atoms with Crippen molar-refractivity contribution in [2.45, 2.75) is 19.4 Å². The number of thiocarbonyl (C=S) groups is 1. The maximum atomic E-state index is 12.3. The van der Waals surface area contributed by atoms with E-state index in [2.05, 4.69) is 27.3 Å². The maximum Gasteiger partial charge on any atom is 0.309 e. The van der Waals surface area contributed by atoms with Crippen molar-refractivity contribution in [3.05, 3.63) is 60.2 Å². The monoisotopic (exact) mass is 352 g/mol. The van der Waals surface area contributed by atoms with Gasteiger partial charge in [-0.1, -0.05) is 30.3 Å². The molecule has 0 N–H and O–H groups in total. The molecule has 2 aromatic carbocycles. The Hall–Kier alpha value is -2.49. The van der Waals surface area contributed by atoms with Crippen molar-refractivity contribution in [2.24, 2.45) is 10.9 Å². The molecule has 0 saturated carbocycles. The van der Waals surface area contributed by atoms with Gasteiger partial charge >= 0.3 is 5.97 Å². The summed E-state index contributed by atoms with van der Waals surface area (Å²) in [5.74, 6) is -0.104. The van der Waals surface area contributed by atoms with E-state index in [4.69, 9.17) is 4.74 Å². The lowest BCUT2D eigenvalue weighted by Crippen LogP contribution is -2.36. The lowest BCUT2D eigenvalue weighted by Gasteiger charge is -2.32. The zero-order valence-corrected chi connectivity index (χ0v) is 14.7. The Morgan fingerprint density at radius 3 is 2.44 bits per heavy atom. The summed E-state index contributed by atoms with van der Waals surface area (Å²) in [7, 11) is 0. The number of carbonyl (C=O) groups is 1. The minimum absolute atomic E-state index is 0.0151. The molecule has 128 valence electrons. The molecule has 3 rings (SSSR count). The van der Waals surface area contributed by atoms with Crippen molar-refractivity contribution < 1.29 is 9.53 Å². The molecule has 1 aliphatic heterocycles. The average molecular weight is 352 g/mol. The van der Waals surface area contributed by atoms with Crippen LogP contribution in [0.3, 0.4) is 0 Å². The van der Waals surface area contributed by atoms with Crippen molar-refractivity contribution >= 4 is 34.7 Å². The molecule has 0 aliphatic carbocycles. The van der Waals surface area contributed by atoms with Crippen LogP contribution in [0.1, 0.15) is 18.4 Å². The van der Waals surface area contributed by atoms with Crippen LogP contribution < -0.4 is 4.90 Å². The first-order valence-corrected chi connectivity index (χ1v) is 8.80. The number of carbonyl (C=O) groups excluding carboxylic acids is 1. The molecule has 2 aromatic rings. The van der Waals surface area contributed by atoms with Crippen LogP contribution in [0, 0.1) is 5.92 Å². The number of isothiocyanates is 1. The molecule has 1 fully saturated rings. The van der Waals surface area contributed by atoms with Gasteiger partial charge in [0.15, 0.2) is 0 Å². The average Bonchev–Trinajstić information content (AvgIpc) is 2.68. The van der Waals surface area contributed by atoms with Gasteiger partial charge in [0.2, 0.25) is 0 Å². The lowest BCUT2D eigenvalue weighted by atomic mass is 9.96. The molecule has 5 heteroatoms. The first-order valence-electron chi connectivity index (χ1n) is 8.40. The fourth-order valence-corrected chi connectivity index (χ4v) is 3.12. The predicted octanol–water partition coefficient (Wildman–Crippen LogP) is 4.38. The second-order valence-electron chi connectivity index (χ2n) is 6.07. The molecule has 1 heterocycles. The van der Waals surface area contributed by atoms with E-state index in [1.165, 1.54) is 0 Å². The third-order valence-corrected chi connectivity index (χ3v) is 4.53. The zero-order chi connectivity index (χ0) is 17.5. The molecule has 0 amide bonds. The van der Waals surface area contributed by atoms with Crippen LogP contribution in [0.25, 0.3) is 0 Å². The number of anilines is 1. The summed E-state index contributed by atoms with van der Waals surface area (Å²) in [6.07, 6.45) is 1.63. The summed E-state index contributed by atoms with van der Waals surface area (Å²) < 4.78 is 5.46. The van der Waals surface area contributed by atoms with E-state index < -0.39 is 0 Å². The van der Waals surface area contributed by atoms with Gasteiger partial charge in [0.25, 0.3) is 0 Å². The van der Waals surface area contributed by atoms with Crippen molar-refractivity contribution in [1.82, 2.24) is 0 Å².